The van der Waals surface area contributed by atoms with Crippen molar-refractivity contribution in [2.75, 3.05) is 22.9 Å². The Morgan fingerprint density at radius 2 is 1.84 bits per heavy atom. The van der Waals surface area contributed by atoms with Crippen molar-refractivity contribution in [3.63, 3.8) is 0 Å². The van der Waals surface area contributed by atoms with Crippen molar-refractivity contribution in [1.29, 1.82) is 0 Å². The Labute approximate surface area is 152 Å². The smallest absolute Gasteiger partial charge is 0.261 e. The van der Waals surface area contributed by atoms with Crippen LogP contribution >= 0.6 is 11.8 Å². The van der Waals surface area contributed by atoms with Crippen LogP contribution in [0.1, 0.15) is 19.4 Å². The van der Waals surface area contributed by atoms with Crippen molar-refractivity contribution in [1.82, 2.24) is 0 Å². The largest absolute Gasteiger partial charge is 0.314 e. The molecule has 0 saturated heterocycles. The number of carbonyl (C=O) groups excluding carboxylic acids is 1. The van der Waals surface area contributed by atoms with E-state index in [0.717, 1.165) is 16.1 Å². The summed E-state index contributed by atoms with van der Waals surface area (Å²) in [7, 11) is -2.03. The van der Waals surface area contributed by atoms with E-state index in [2.05, 4.69) is 4.72 Å². The van der Waals surface area contributed by atoms with Crippen LogP contribution in [0.2, 0.25) is 0 Å². The minimum absolute atomic E-state index is 0.0438. The number of thioether (sulfide) groups is 1. The van der Waals surface area contributed by atoms with Gasteiger partial charge in [0, 0.05) is 23.3 Å². The normalized spacial score (nSPS) is 16.0. The molecule has 132 valence electrons. The maximum absolute atomic E-state index is 12.8. The molecule has 1 N–H and O–H groups in total. The minimum atomic E-state index is -3.73. The second kappa shape index (κ2) is 6.07. The lowest BCUT2D eigenvalue weighted by molar-refractivity contribution is -0.121. The molecule has 0 unspecified atom stereocenters. The van der Waals surface area contributed by atoms with Crippen LogP contribution in [0, 0.1) is 0 Å². The van der Waals surface area contributed by atoms with Gasteiger partial charge in [0.05, 0.1) is 10.3 Å². The van der Waals surface area contributed by atoms with E-state index >= 15 is 0 Å². The maximum atomic E-state index is 12.8. The van der Waals surface area contributed by atoms with Crippen LogP contribution in [0.3, 0.4) is 0 Å². The van der Waals surface area contributed by atoms with Gasteiger partial charge in [-0.3, -0.25) is 9.52 Å². The van der Waals surface area contributed by atoms with Gasteiger partial charge >= 0.3 is 0 Å². The highest BCUT2D eigenvalue weighted by Gasteiger charge is 2.42. The number of hydrogen-bond donors (Lipinski definition) is 1. The predicted octanol–water partition coefficient (Wildman–Crippen LogP) is 3.46. The van der Waals surface area contributed by atoms with E-state index in [9.17, 15) is 13.2 Å². The molecule has 0 atom stereocenters. The van der Waals surface area contributed by atoms with Crippen molar-refractivity contribution >= 4 is 39.1 Å². The molecule has 2 aromatic rings. The van der Waals surface area contributed by atoms with Crippen LogP contribution in [-0.2, 0) is 20.2 Å². The quantitative estimate of drug-likeness (QED) is 0.830. The molecule has 5 nitrogen and oxygen atoms in total. The highest BCUT2D eigenvalue weighted by atomic mass is 32.2. The first-order valence-corrected chi connectivity index (χ1v) is 10.5. The number of benzene rings is 2. The summed E-state index contributed by atoms with van der Waals surface area (Å²) in [4.78, 5) is 15.1. The maximum Gasteiger partial charge on any atom is 0.261 e. The standard InChI is InChI=1S/C18H20N2O3S2/c1-18(2)15-11-14(8-9-16(15)20(3)17(18)21)25(22,23)19-12-6-5-7-13(10-12)24-4/h5-11,19H,1-4H3. The molecule has 1 heterocycles. The molecule has 1 aliphatic heterocycles. The number of carbonyl (C=O) groups is 1. The first-order valence-electron chi connectivity index (χ1n) is 7.76. The Bertz CT molecular complexity index is 953. The highest BCUT2D eigenvalue weighted by molar-refractivity contribution is 7.98. The Hall–Kier alpha value is -1.99. The summed E-state index contributed by atoms with van der Waals surface area (Å²) < 4.78 is 28.1. The van der Waals surface area contributed by atoms with E-state index in [1.807, 2.05) is 32.2 Å². The Balaban J connectivity index is 1.99. The van der Waals surface area contributed by atoms with E-state index in [-0.39, 0.29) is 10.8 Å². The molecule has 0 fully saturated rings. The monoisotopic (exact) mass is 376 g/mol. The van der Waals surface area contributed by atoms with E-state index in [4.69, 9.17) is 0 Å². The number of rotatable bonds is 4. The SMILES string of the molecule is CSc1cccc(NS(=O)(=O)c2ccc3c(c2)C(C)(C)C(=O)N3C)c1. The van der Waals surface area contributed by atoms with Crippen LogP contribution in [0.25, 0.3) is 0 Å². The number of hydrogen-bond acceptors (Lipinski definition) is 4. The van der Waals surface area contributed by atoms with Gasteiger partial charge in [-0.05, 0) is 62.1 Å². The number of fused-ring (bicyclic) bond motifs is 1. The van der Waals surface area contributed by atoms with Gasteiger partial charge in [-0.2, -0.15) is 0 Å². The molecular formula is C18H20N2O3S2. The van der Waals surface area contributed by atoms with Crippen LogP contribution in [0.4, 0.5) is 11.4 Å². The zero-order valence-electron chi connectivity index (χ0n) is 14.5. The average molecular weight is 377 g/mol. The lowest BCUT2D eigenvalue weighted by Gasteiger charge is -2.17. The predicted molar refractivity (Wildman–Crippen MR) is 102 cm³/mol. The zero-order valence-corrected chi connectivity index (χ0v) is 16.2. The summed E-state index contributed by atoms with van der Waals surface area (Å²) in [5.41, 5.74) is 1.24. The molecule has 0 radical (unpaired) electrons. The molecular weight excluding hydrogens is 356 g/mol. The third-order valence-electron chi connectivity index (χ3n) is 4.47. The van der Waals surface area contributed by atoms with Crippen molar-refractivity contribution in [2.45, 2.75) is 29.1 Å². The molecule has 0 saturated carbocycles. The van der Waals surface area contributed by atoms with Crippen LogP contribution in [0.5, 0.6) is 0 Å². The fourth-order valence-electron chi connectivity index (χ4n) is 3.02. The lowest BCUT2D eigenvalue weighted by atomic mass is 9.86. The molecule has 0 aliphatic carbocycles. The Morgan fingerprint density at radius 1 is 1.12 bits per heavy atom. The second-order valence-electron chi connectivity index (χ2n) is 6.51. The van der Waals surface area contributed by atoms with Crippen molar-refractivity contribution < 1.29 is 13.2 Å². The van der Waals surface area contributed by atoms with Crippen molar-refractivity contribution in [2.24, 2.45) is 0 Å². The van der Waals surface area contributed by atoms with Crippen LogP contribution in [-0.4, -0.2) is 27.6 Å². The molecule has 7 heteroatoms. The van der Waals surface area contributed by atoms with Crippen LogP contribution in [0.15, 0.2) is 52.3 Å². The number of anilines is 2. The summed E-state index contributed by atoms with van der Waals surface area (Å²) in [5.74, 6) is -0.0438. The second-order valence-corrected chi connectivity index (χ2v) is 9.07. The summed E-state index contributed by atoms with van der Waals surface area (Å²) in [5, 5.41) is 0. The van der Waals surface area contributed by atoms with Gasteiger partial charge < -0.3 is 4.90 Å². The summed E-state index contributed by atoms with van der Waals surface area (Å²) >= 11 is 1.54. The summed E-state index contributed by atoms with van der Waals surface area (Å²) in [6.45, 7) is 3.62. The van der Waals surface area contributed by atoms with Gasteiger partial charge in [0.2, 0.25) is 5.91 Å². The third-order valence-corrected chi connectivity index (χ3v) is 6.58. The fraction of sp³-hybridized carbons (Fsp3) is 0.278. The van der Waals surface area contributed by atoms with Crippen molar-refractivity contribution in [3.8, 4) is 0 Å². The van der Waals surface area contributed by atoms with E-state index < -0.39 is 15.4 Å². The molecule has 1 amide bonds. The first kappa shape index (κ1) is 17.8. The number of sulfonamides is 1. The van der Waals surface area contributed by atoms with Gasteiger partial charge in [-0.1, -0.05) is 6.07 Å². The number of nitrogens with zero attached hydrogens (tertiary/aromatic N) is 1. The number of nitrogens with one attached hydrogen (secondary N) is 1. The average Bonchev–Trinajstić information content (AvgIpc) is 2.75. The van der Waals surface area contributed by atoms with E-state index in [1.54, 1.807) is 48.0 Å². The van der Waals surface area contributed by atoms with E-state index in [1.165, 1.54) is 6.07 Å². The number of amides is 1. The van der Waals surface area contributed by atoms with Gasteiger partial charge in [-0.15, -0.1) is 11.8 Å². The van der Waals surface area contributed by atoms with Gasteiger partial charge in [0.15, 0.2) is 0 Å². The van der Waals surface area contributed by atoms with Crippen LogP contribution < -0.4 is 9.62 Å². The molecule has 1 aliphatic rings. The summed E-state index contributed by atoms with van der Waals surface area (Å²) in [6.07, 6.45) is 1.93. The molecule has 0 aromatic heterocycles. The van der Waals surface area contributed by atoms with E-state index in [0.29, 0.717) is 5.69 Å². The molecule has 2 aromatic carbocycles. The number of likely N-dealkylation sites (N-methyl/N-ethyl adjacent to an activating group) is 1. The topological polar surface area (TPSA) is 66.5 Å². The van der Waals surface area contributed by atoms with Gasteiger partial charge in [0.25, 0.3) is 10.0 Å². The first-order chi connectivity index (χ1) is 11.7. The van der Waals surface area contributed by atoms with Crippen molar-refractivity contribution in [3.05, 3.63) is 48.0 Å². The molecule has 25 heavy (non-hydrogen) atoms. The highest BCUT2D eigenvalue weighted by Crippen LogP contribution is 2.41. The summed E-state index contributed by atoms with van der Waals surface area (Å²) in [6, 6.07) is 12.0. The third kappa shape index (κ3) is 3.02. The Morgan fingerprint density at radius 3 is 2.52 bits per heavy atom. The lowest BCUT2D eigenvalue weighted by Crippen LogP contribution is -2.33. The Kier molecular flexibility index (Phi) is 4.33. The fourth-order valence-corrected chi connectivity index (χ4v) is 4.55. The molecule has 0 spiro atoms. The van der Waals surface area contributed by atoms with Gasteiger partial charge in [0.1, 0.15) is 0 Å². The minimum Gasteiger partial charge on any atom is -0.314 e. The molecule has 0 bridgehead atoms. The zero-order chi connectivity index (χ0) is 18.4. The van der Waals surface area contributed by atoms with Gasteiger partial charge in [-0.25, -0.2) is 8.42 Å². The molecule has 3 rings (SSSR count).